The fourth-order valence-corrected chi connectivity index (χ4v) is 2.79. The Labute approximate surface area is 149 Å². The van der Waals surface area contributed by atoms with Crippen molar-refractivity contribution in [2.75, 3.05) is 14.2 Å². The van der Waals surface area contributed by atoms with E-state index in [2.05, 4.69) is 24.1 Å². The van der Waals surface area contributed by atoms with Crippen LogP contribution in [0.3, 0.4) is 0 Å². The lowest BCUT2D eigenvalue weighted by atomic mass is 9.99. The van der Waals surface area contributed by atoms with Gasteiger partial charge in [-0.15, -0.1) is 0 Å². The zero-order chi connectivity index (χ0) is 18.2. The molecule has 5 nitrogen and oxygen atoms in total. The molecule has 0 bridgehead atoms. The first-order valence-corrected chi connectivity index (χ1v) is 8.47. The minimum atomic E-state index is -0.0964. The van der Waals surface area contributed by atoms with E-state index in [1.54, 1.807) is 20.4 Å². The van der Waals surface area contributed by atoms with Gasteiger partial charge in [0.2, 0.25) is 5.91 Å². The van der Waals surface area contributed by atoms with Crippen LogP contribution in [0.4, 0.5) is 0 Å². The lowest BCUT2D eigenvalue weighted by Gasteiger charge is -2.22. The van der Waals surface area contributed by atoms with Crippen molar-refractivity contribution in [3.63, 3.8) is 0 Å². The van der Waals surface area contributed by atoms with Crippen LogP contribution < -0.4 is 14.8 Å². The topological polar surface area (TPSA) is 60.5 Å². The summed E-state index contributed by atoms with van der Waals surface area (Å²) in [5.74, 6) is 1.61. The van der Waals surface area contributed by atoms with Gasteiger partial charge in [-0.1, -0.05) is 32.0 Å². The van der Waals surface area contributed by atoms with E-state index in [1.165, 1.54) is 0 Å². The van der Waals surface area contributed by atoms with E-state index in [-0.39, 0.29) is 17.9 Å². The average molecular weight is 342 g/mol. The van der Waals surface area contributed by atoms with Crippen LogP contribution in [-0.2, 0) is 11.2 Å². The highest BCUT2D eigenvalue weighted by atomic mass is 16.5. The molecule has 1 atom stereocenters. The molecule has 5 heteroatoms. The number of hydrogen-bond donors (Lipinski definition) is 1. The summed E-state index contributed by atoms with van der Waals surface area (Å²) in [6.45, 7) is 4.15. The zero-order valence-electron chi connectivity index (χ0n) is 15.3. The molecular weight excluding hydrogens is 316 g/mol. The third kappa shape index (κ3) is 4.95. The third-order valence-electron chi connectivity index (χ3n) is 4.10. The number of methoxy groups -OCH3 is 2. The summed E-state index contributed by atoms with van der Waals surface area (Å²) in [5.41, 5.74) is 1.83. The minimum absolute atomic E-state index is 0.00535. The number of benzene rings is 1. The van der Waals surface area contributed by atoms with Gasteiger partial charge in [0.1, 0.15) is 0 Å². The van der Waals surface area contributed by atoms with Crippen molar-refractivity contribution in [2.24, 2.45) is 5.92 Å². The normalized spacial score (nSPS) is 11.9. The van der Waals surface area contributed by atoms with Crippen molar-refractivity contribution in [2.45, 2.75) is 32.7 Å². The van der Waals surface area contributed by atoms with Crippen molar-refractivity contribution >= 4 is 5.91 Å². The number of nitrogens with one attached hydrogen (secondary N) is 1. The molecule has 0 spiro atoms. The summed E-state index contributed by atoms with van der Waals surface area (Å²) >= 11 is 0. The number of carbonyl (C=O) groups is 1. The van der Waals surface area contributed by atoms with Gasteiger partial charge in [0.25, 0.3) is 0 Å². The summed E-state index contributed by atoms with van der Waals surface area (Å²) in [5, 5.41) is 3.10. The van der Waals surface area contributed by atoms with E-state index in [4.69, 9.17) is 9.47 Å². The van der Waals surface area contributed by atoms with Crippen molar-refractivity contribution in [1.82, 2.24) is 10.3 Å². The van der Waals surface area contributed by atoms with Crippen LogP contribution in [-0.4, -0.2) is 25.1 Å². The minimum Gasteiger partial charge on any atom is -0.493 e. The highest BCUT2D eigenvalue weighted by Gasteiger charge is 2.19. The second kappa shape index (κ2) is 9.06. The predicted octanol–water partition coefficient (Wildman–Crippen LogP) is 3.54. The van der Waals surface area contributed by atoms with E-state index in [0.29, 0.717) is 24.3 Å². The van der Waals surface area contributed by atoms with Crippen LogP contribution in [0.25, 0.3) is 0 Å². The van der Waals surface area contributed by atoms with Gasteiger partial charge in [-0.05, 0) is 36.1 Å². The summed E-state index contributed by atoms with van der Waals surface area (Å²) in [6.07, 6.45) is 2.71. The van der Waals surface area contributed by atoms with Crippen molar-refractivity contribution < 1.29 is 14.3 Å². The SMILES string of the molecule is COc1cccc(CCC(=O)NC(c2ccccn2)C(C)C)c1OC. The number of nitrogens with zero attached hydrogens (tertiary/aromatic N) is 1. The molecule has 0 aliphatic rings. The second-order valence-electron chi connectivity index (χ2n) is 6.20. The fourth-order valence-electron chi connectivity index (χ4n) is 2.79. The number of aromatic nitrogens is 1. The van der Waals surface area contributed by atoms with E-state index in [0.717, 1.165) is 11.3 Å². The number of carbonyl (C=O) groups excluding carboxylic acids is 1. The first-order valence-electron chi connectivity index (χ1n) is 8.47. The van der Waals surface area contributed by atoms with Crippen LogP contribution in [0.5, 0.6) is 11.5 Å². The van der Waals surface area contributed by atoms with Gasteiger partial charge in [-0.25, -0.2) is 0 Å². The molecule has 2 aromatic rings. The smallest absolute Gasteiger partial charge is 0.220 e. The van der Waals surface area contributed by atoms with Gasteiger partial charge in [-0.2, -0.15) is 0 Å². The summed E-state index contributed by atoms with van der Waals surface area (Å²) < 4.78 is 10.7. The molecule has 0 saturated carbocycles. The first-order chi connectivity index (χ1) is 12.1. The molecule has 0 aliphatic carbocycles. The number of aryl methyl sites for hydroxylation is 1. The van der Waals surface area contributed by atoms with Crippen molar-refractivity contribution in [3.05, 3.63) is 53.9 Å². The molecule has 2 rings (SSSR count). The maximum atomic E-state index is 12.4. The Morgan fingerprint density at radius 2 is 1.92 bits per heavy atom. The maximum Gasteiger partial charge on any atom is 0.220 e. The molecule has 1 amide bonds. The predicted molar refractivity (Wildman–Crippen MR) is 97.8 cm³/mol. The van der Waals surface area contributed by atoms with Crippen LogP contribution >= 0.6 is 0 Å². The molecule has 1 aromatic carbocycles. The number of para-hydroxylation sites is 1. The van der Waals surface area contributed by atoms with Gasteiger partial charge < -0.3 is 14.8 Å². The standard InChI is InChI=1S/C20H26N2O3/c1-14(2)19(16-9-5-6-13-21-16)22-18(23)12-11-15-8-7-10-17(24-3)20(15)25-4/h5-10,13-14,19H,11-12H2,1-4H3,(H,22,23). The van der Waals surface area contributed by atoms with Crippen LogP contribution in [0.15, 0.2) is 42.6 Å². The van der Waals surface area contributed by atoms with E-state index < -0.39 is 0 Å². The second-order valence-corrected chi connectivity index (χ2v) is 6.20. The number of pyridine rings is 1. The Balaban J connectivity index is 2.03. The Hall–Kier alpha value is -2.56. The summed E-state index contributed by atoms with van der Waals surface area (Å²) in [4.78, 5) is 16.8. The molecule has 0 fully saturated rings. The van der Waals surface area contributed by atoms with Gasteiger partial charge in [0.05, 0.1) is 26.0 Å². The molecule has 134 valence electrons. The number of rotatable bonds is 8. The van der Waals surface area contributed by atoms with E-state index >= 15 is 0 Å². The molecule has 1 unspecified atom stereocenters. The quantitative estimate of drug-likeness (QED) is 0.797. The van der Waals surface area contributed by atoms with Gasteiger partial charge in [0, 0.05) is 12.6 Å². The number of ether oxygens (including phenoxy) is 2. The van der Waals surface area contributed by atoms with Crippen molar-refractivity contribution in [3.8, 4) is 11.5 Å². The molecule has 1 heterocycles. The van der Waals surface area contributed by atoms with E-state index in [9.17, 15) is 4.79 Å². The number of amides is 1. The number of hydrogen-bond acceptors (Lipinski definition) is 4. The molecule has 1 N–H and O–H groups in total. The fraction of sp³-hybridized carbons (Fsp3) is 0.400. The first kappa shape index (κ1) is 18.8. The molecule has 1 aromatic heterocycles. The van der Waals surface area contributed by atoms with Gasteiger partial charge in [-0.3, -0.25) is 9.78 Å². The van der Waals surface area contributed by atoms with E-state index in [1.807, 2.05) is 36.4 Å². The summed E-state index contributed by atoms with van der Waals surface area (Å²) in [6, 6.07) is 11.4. The lowest BCUT2D eigenvalue weighted by molar-refractivity contribution is -0.122. The molecule has 0 saturated heterocycles. The largest absolute Gasteiger partial charge is 0.493 e. The molecule has 0 aliphatic heterocycles. The summed E-state index contributed by atoms with van der Waals surface area (Å²) in [7, 11) is 3.21. The van der Waals surface area contributed by atoms with Crippen LogP contribution in [0, 0.1) is 5.92 Å². The highest BCUT2D eigenvalue weighted by Crippen LogP contribution is 2.31. The monoisotopic (exact) mass is 342 g/mol. The molecule has 0 radical (unpaired) electrons. The Morgan fingerprint density at radius 1 is 1.12 bits per heavy atom. The zero-order valence-corrected chi connectivity index (χ0v) is 15.3. The van der Waals surface area contributed by atoms with Crippen LogP contribution in [0.2, 0.25) is 0 Å². The Kier molecular flexibility index (Phi) is 6.81. The highest BCUT2D eigenvalue weighted by molar-refractivity contribution is 5.76. The lowest BCUT2D eigenvalue weighted by Crippen LogP contribution is -2.32. The maximum absolute atomic E-state index is 12.4. The molecular formula is C20H26N2O3. The van der Waals surface area contributed by atoms with Gasteiger partial charge >= 0.3 is 0 Å². The van der Waals surface area contributed by atoms with Crippen LogP contribution in [0.1, 0.15) is 37.6 Å². The van der Waals surface area contributed by atoms with Gasteiger partial charge in [0.15, 0.2) is 11.5 Å². The average Bonchev–Trinajstić information content (AvgIpc) is 2.64. The Morgan fingerprint density at radius 3 is 2.52 bits per heavy atom. The third-order valence-corrected chi connectivity index (χ3v) is 4.10. The Bertz CT molecular complexity index is 687. The molecule has 25 heavy (non-hydrogen) atoms. The van der Waals surface area contributed by atoms with Crippen molar-refractivity contribution in [1.29, 1.82) is 0 Å².